The number of ketones is 1. The largest absolute Gasteiger partial charge is 0.298 e. The molecule has 4 nitrogen and oxygen atoms in total. The first-order chi connectivity index (χ1) is 9.54. The average Bonchev–Trinajstić information content (AvgIpc) is 2.73. The van der Waals surface area contributed by atoms with E-state index >= 15 is 0 Å². The summed E-state index contributed by atoms with van der Waals surface area (Å²) in [6, 6.07) is 1.86. The number of benzene rings is 1. The lowest BCUT2D eigenvalue weighted by Gasteiger charge is -2.30. The summed E-state index contributed by atoms with van der Waals surface area (Å²) in [4.78, 5) is 11.7. The smallest absolute Gasteiger partial charge is 0.220 e. The summed E-state index contributed by atoms with van der Waals surface area (Å²) < 4.78 is 52.2. The van der Waals surface area contributed by atoms with Crippen LogP contribution >= 0.6 is 0 Å². The van der Waals surface area contributed by atoms with Crippen molar-refractivity contribution in [2.24, 2.45) is 0 Å². The van der Waals surface area contributed by atoms with Gasteiger partial charge in [-0.25, -0.2) is 17.2 Å². The van der Waals surface area contributed by atoms with Gasteiger partial charge in [0.15, 0.2) is 0 Å². The Kier molecular flexibility index (Phi) is 3.92. The number of hydrogen-bond donors (Lipinski definition) is 0. The van der Waals surface area contributed by atoms with E-state index in [1.54, 1.807) is 0 Å². The highest BCUT2D eigenvalue weighted by Crippen LogP contribution is 2.37. The van der Waals surface area contributed by atoms with E-state index in [1.165, 1.54) is 20.8 Å². The molecule has 0 unspecified atom stereocenters. The summed E-state index contributed by atoms with van der Waals surface area (Å²) in [5.74, 6) is -1.69. The van der Waals surface area contributed by atoms with Crippen LogP contribution in [0.2, 0.25) is 0 Å². The Hall–Kier alpha value is -1.34. The molecule has 0 radical (unpaired) electrons. The monoisotopic (exact) mass is 317 g/mol. The molecule has 0 saturated carbocycles. The summed E-state index contributed by atoms with van der Waals surface area (Å²) in [6.45, 7) is 4.21. The molecule has 0 aliphatic carbocycles. The summed E-state index contributed by atoms with van der Waals surface area (Å²) in [7, 11) is -3.81. The van der Waals surface area contributed by atoms with Gasteiger partial charge in [0.2, 0.25) is 10.0 Å². The van der Waals surface area contributed by atoms with Gasteiger partial charge in [0.05, 0.1) is 17.3 Å². The first-order valence-electron chi connectivity index (χ1n) is 6.52. The molecule has 0 amide bonds. The van der Waals surface area contributed by atoms with Gasteiger partial charge in [-0.3, -0.25) is 4.79 Å². The molecule has 0 bridgehead atoms. The molecule has 0 aromatic heterocycles. The van der Waals surface area contributed by atoms with Crippen molar-refractivity contribution >= 4 is 15.8 Å². The number of carbonyl (C=O) groups excluding carboxylic acids is 1. The van der Waals surface area contributed by atoms with E-state index < -0.39 is 32.4 Å². The fourth-order valence-electron chi connectivity index (χ4n) is 2.31. The van der Waals surface area contributed by atoms with Crippen LogP contribution in [0.25, 0.3) is 0 Å². The minimum absolute atomic E-state index is 0.103. The number of hydrogen-bond acceptors (Lipinski definition) is 3. The highest BCUT2D eigenvalue weighted by molar-refractivity contribution is 7.90. The molecule has 1 aromatic carbocycles. The van der Waals surface area contributed by atoms with Crippen molar-refractivity contribution in [2.75, 3.05) is 6.54 Å². The highest BCUT2D eigenvalue weighted by atomic mass is 32.2. The number of carbonyl (C=O) groups is 1. The summed E-state index contributed by atoms with van der Waals surface area (Å²) >= 11 is 0. The van der Waals surface area contributed by atoms with Gasteiger partial charge >= 0.3 is 0 Å². The van der Waals surface area contributed by atoms with Crippen LogP contribution in [-0.4, -0.2) is 29.8 Å². The first-order valence-corrected chi connectivity index (χ1v) is 7.96. The Balaban J connectivity index is 2.52. The van der Waals surface area contributed by atoms with Gasteiger partial charge in [-0.15, -0.1) is 0 Å². The SMILES string of the molecule is CC(C)(C)S(=O)(=O)N1CC(=O)C[C@@H]1c1cc(F)ccc1F. The van der Waals surface area contributed by atoms with Crippen LogP contribution in [0, 0.1) is 11.6 Å². The van der Waals surface area contributed by atoms with Crippen LogP contribution in [0.3, 0.4) is 0 Å². The van der Waals surface area contributed by atoms with E-state index in [0.717, 1.165) is 22.5 Å². The van der Waals surface area contributed by atoms with Gasteiger partial charge in [0, 0.05) is 12.0 Å². The highest BCUT2D eigenvalue weighted by Gasteiger charge is 2.45. The van der Waals surface area contributed by atoms with Crippen LogP contribution in [0.1, 0.15) is 38.8 Å². The van der Waals surface area contributed by atoms with E-state index in [1.807, 2.05) is 0 Å². The summed E-state index contributed by atoms with van der Waals surface area (Å²) in [5, 5.41) is 0. The van der Waals surface area contributed by atoms with Gasteiger partial charge in [0.1, 0.15) is 17.4 Å². The first kappa shape index (κ1) is 16.0. The Morgan fingerprint density at radius 2 is 1.86 bits per heavy atom. The molecule has 1 fully saturated rings. The maximum absolute atomic E-state index is 13.9. The Morgan fingerprint density at radius 1 is 1.24 bits per heavy atom. The Bertz CT molecular complexity index is 680. The van der Waals surface area contributed by atoms with Crippen LogP contribution in [0.15, 0.2) is 18.2 Å². The lowest BCUT2D eigenvalue weighted by Crippen LogP contribution is -2.43. The maximum atomic E-state index is 13.9. The fraction of sp³-hybridized carbons (Fsp3) is 0.500. The predicted molar refractivity (Wildman–Crippen MR) is 74.1 cm³/mol. The third-order valence-corrected chi connectivity index (χ3v) is 6.05. The Labute approximate surface area is 122 Å². The number of rotatable bonds is 2. The van der Waals surface area contributed by atoms with E-state index in [4.69, 9.17) is 0 Å². The lowest BCUT2D eigenvalue weighted by molar-refractivity contribution is -0.116. The fourth-order valence-corrected chi connectivity index (χ4v) is 3.85. The van der Waals surface area contributed by atoms with E-state index in [2.05, 4.69) is 0 Å². The minimum Gasteiger partial charge on any atom is -0.298 e. The third kappa shape index (κ3) is 2.85. The Morgan fingerprint density at radius 3 is 2.43 bits per heavy atom. The third-order valence-electron chi connectivity index (χ3n) is 3.50. The molecule has 1 saturated heterocycles. The van der Waals surface area contributed by atoms with Gasteiger partial charge in [-0.1, -0.05) is 0 Å². The van der Waals surface area contributed by atoms with E-state index in [9.17, 15) is 22.0 Å². The van der Waals surface area contributed by atoms with Crippen LogP contribution in [0.5, 0.6) is 0 Å². The topological polar surface area (TPSA) is 54.5 Å². The quantitative estimate of drug-likeness (QED) is 0.842. The van der Waals surface area contributed by atoms with Crippen molar-refractivity contribution in [3.05, 3.63) is 35.4 Å². The summed E-state index contributed by atoms with van der Waals surface area (Å²) in [5.41, 5.74) is -0.103. The molecule has 116 valence electrons. The molecule has 2 rings (SSSR count). The molecule has 1 aliphatic rings. The van der Waals surface area contributed by atoms with Crippen molar-refractivity contribution in [3.8, 4) is 0 Å². The molecule has 7 heteroatoms. The van der Waals surface area contributed by atoms with Crippen LogP contribution < -0.4 is 0 Å². The zero-order valence-corrected chi connectivity index (χ0v) is 12.9. The number of halogens is 2. The van der Waals surface area contributed by atoms with Gasteiger partial charge in [-0.05, 0) is 39.0 Å². The number of nitrogens with zero attached hydrogens (tertiary/aromatic N) is 1. The molecular formula is C14H17F2NO3S. The van der Waals surface area contributed by atoms with Crippen LogP contribution in [-0.2, 0) is 14.8 Å². The standard InChI is InChI=1S/C14H17F2NO3S/c1-14(2,3)21(19,20)17-8-10(18)7-13(17)11-6-9(15)4-5-12(11)16/h4-6,13H,7-8H2,1-3H3/t13-/m1/s1. The van der Waals surface area contributed by atoms with Crippen molar-refractivity contribution in [2.45, 2.75) is 38.0 Å². The van der Waals surface area contributed by atoms with Crippen molar-refractivity contribution < 1.29 is 22.0 Å². The maximum Gasteiger partial charge on any atom is 0.220 e. The molecule has 21 heavy (non-hydrogen) atoms. The molecule has 0 N–H and O–H groups in total. The second-order valence-corrected chi connectivity index (χ2v) is 8.73. The van der Waals surface area contributed by atoms with Crippen molar-refractivity contribution in [1.82, 2.24) is 4.31 Å². The normalized spacial score (nSPS) is 21.0. The zero-order chi connectivity index (χ0) is 16.0. The van der Waals surface area contributed by atoms with E-state index in [-0.39, 0.29) is 24.3 Å². The second-order valence-electron chi connectivity index (χ2n) is 6.09. The zero-order valence-electron chi connectivity index (χ0n) is 12.1. The van der Waals surface area contributed by atoms with Gasteiger partial charge < -0.3 is 0 Å². The second kappa shape index (κ2) is 5.14. The summed E-state index contributed by atoms with van der Waals surface area (Å²) in [6.07, 6.45) is -0.143. The predicted octanol–water partition coefficient (Wildman–Crippen LogP) is 2.41. The molecule has 1 aromatic rings. The molecular weight excluding hydrogens is 300 g/mol. The molecule has 0 spiro atoms. The number of sulfonamides is 1. The minimum atomic E-state index is -3.81. The lowest BCUT2D eigenvalue weighted by atomic mass is 10.0. The van der Waals surface area contributed by atoms with Crippen molar-refractivity contribution in [3.63, 3.8) is 0 Å². The van der Waals surface area contributed by atoms with Crippen LogP contribution in [0.4, 0.5) is 8.78 Å². The molecule has 1 heterocycles. The van der Waals surface area contributed by atoms with E-state index in [0.29, 0.717) is 0 Å². The van der Waals surface area contributed by atoms with Gasteiger partial charge in [-0.2, -0.15) is 4.31 Å². The van der Waals surface area contributed by atoms with Gasteiger partial charge in [0.25, 0.3) is 0 Å². The molecule has 1 aliphatic heterocycles. The molecule has 1 atom stereocenters. The average molecular weight is 317 g/mol. The van der Waals surface area contributed by atoms with Crippen molar-refractivity contribution in [1.29, 1.82) is 0 Å². The number of Topliss-reactive ketones (excluding diaryl/α,β-unsaturated/α-hetero) is 1.